The first-order chi connectivity index (χ1) is 16.4. The van der Waals surface area contributed by atoms with Crippen LogP contribution in [0.2, 0.25) is 0 Å². The fourth-order valence-electron chi connectivity index (χ4n) is 6.55. The van der Waals surface area contributed by atoms with Crippen LogP contribution >= 0.6 is 0 Å². The van der Waals surface area contributed by atoms with Gasteiger partial charge in [-0.05, 0) is 37.0 Å². The molecule has 2 unspecified atom stereocenters. The van der Waals surface area contributed by atoms with Gasteiger partial charge >= 0.3 is 11.9 Å². The third-order valence-electron chi connectivity index (χ3n) is 8.71. The van der Waals surface area contributed by atoms with E-state index < -0.39 is 82.1 Å². The third kappa shape index (κ3) is 3.94. The van der Waals surface area contributed by atoms with E-state index in [-0.39, 0.29) is 18.4 Å². The fourth-order valence-corrected chi connectivity index (χ4v) is 6.55. The molecule has 0 saturated heterocycles. The molecule has 0 spiro atoms. The van der Waals surface area contributed by atoms with E-state index in [9.17, 15) is 34.5 Å². The molecule has 10 nitrogen and oxygen atoms in total. The fraction of sp³-hybridized carbons (Fsp3) is 0.692. The standard InChI is InChI=1S/C26H36O10/c1-11-9-17(34-13(3)27)20(31)19-23(36-15(5)29)26(33)10-16(30)12(2)18(24(26,6)7)21(35-14(4)28)22(32)25(11,19)8/h11,16-17,19,21,23,29-30,33H,5,9-10H2,1-4,6-8H3/t11?,16-,17-,19?,21+,23-,25+,26+/m0/s1. The predicted molar refractivity (Wildman–Crippen MR) is 125 cm³/mol. The molecule has 0 amide bonds. The number of carbonyl (C=O) groups is 4. The van der Waals surface area contributed by atoms with E-state index in [0.29, 0.717) is 5.57 Å². The molecule has 0 aromatic carbocycles. The lowest BCUT2D eigenvalue weighted by Gasteiger charge is -2.60. The number of ether oxygens (including phenoxy) is 3. The summed E-state index contributed by atoms with van der Waals surface area (Å²) in [6.07, 6.45) is -5.86. The van der Waals surface area contributed by atoms with Gasteiger partial charge in [-0.2, -0.15) is 0 Å². The van der Waals surface area contributed by atoms with Crippen LogP contribution in [0.25, 0.3) is 0 Å². The van der Waals surface area contributed by atoms with Crippen LogP contribution in [0, 0.1) is 22.7 Å². The summed E-state index contributed by atoms with van der Waals surface area (Å²) < 4.78 is 16.5. The maximum atomic E-state index is 14.4. The maximum absolute atomic E-state index is 14.4. The van der Waals surface area contributed by atoms with E-state index in [1.54, 1.807) is 27.7 Å². The average Bonchev–Trinajstić information content (AvgIpc) is 2.73. The first-order valence-electron chi connectivity index (χ1n) is 12.0. The number of rotatable bonds is 4. The molecule has 2 saturated carbocycles. The monoisotopic (exact) mass is 508 g/mol. The van der Waals surface area contributed by atoms with Crippen LogP contribution < -0.4 is 0 Å². The van der Waals surface area contributed by atoms with Gasteiger partial charge in [-0.1, -0.05) is 27.7 Å². The van der Waals surface area contributed by atoms with Gasteiger partial charge in [-0.15, -0.1) is 0 Å². The smallest absolute Gasteiger partial charge is 0.303 e. The second kappa shape index (κ2) is 8.99. The highest BCUT2D eigenvalue weighted by atomic mass is 16.6. The van der Waals surface area contributed by atoms with Crippen molar-refractivity contribution in [2.24, 2.45) is 22.7 Å². The van der Waals surface area contributed by atoms with Crippen molar-refractivity contribution in [1.82, 2.24) is 0 Å². The third-order valence-corrected chi connectivity index (χ3v) is 8.71. The van der Waals surface area contributed by atoms with Crippen LogP contribution in [0.5, 0.6) is 0 Å². The zero-order chi connectivity index (χ0) is 27.5. The minimum absolute atomic E-state index is 0.0131. The number of hydrogen-bond acceptors (Lipinski definition) is 10. The number of carbonyl (C=O) groups excluding carboxylic acids is 4. The summed E-state index contributed by atoms with van der Waals surface area (Å²) in [5, 5.41) is 33.4. The van der Waals surface area contributed by atoms with Gasteiger partial charge in [0.15, 0.2) is 23.8 Å². The summed E-state index contributed by atoms with van der Waals surface area (Å²) in [6.45, 7) is 13.7. The second-order valence-electron chi connectivity index (χ2n) is 11.0. The number of hydrogen-bond donors (Lipinski definition) is 3. The van der Waals surface area contributed by atoms with Crippen molar-refractivity contribution >= 4 is 23.5 Å². The van der Waals surface area contributed by atoms with Gasteiger partial charge in [0, 0.05) is 31.1 Å². The van der Waals surface area contributed by atoms with E-state index in [1.807, 2.05) is 0 Å². The summed E-state index contributed by atoms with van der Waals surface area (Å²) in [4.78, 5) is 52.2. The van der Waals surface area contributed by atoms with E-state index >= 15 is 0 Å². The van der Waals surface area contributed by atoms with Crippen molar-refractivity contribution in [3.63, 3.8) is 0 Å². The van der Waals surface area contributed by atoms with Crippen molar-refractivity contribution in [3.8, 4) is 0 Å². The van der Waals surface area contributed by atoms with Crippen molar-refractivity contribution in [1.29, 1.82) is 0 Å². The number of Topliss-reactive ketones (excluding diaryl/α,β-unsaturated/α-hetero) is 2. The molecule has 0 aromatic rings. The molecular weight excluding hydrogens is 472 g/mol. The summed E-state index contributed by atoms with van der Waals surface area (Å²) >= 11 is 0. The number of fused-ring (bicyclic) bond motifs is 3. The molecule has 200 valence electrons. The molecular formula is C26H36O10. The number of esters is 2. The molecule has 36 heavy (non-hydrogen) atoms. The average molecular weight is 509 g/mol. The Morgan fingerprint density at radius 2 is 1.61 bits per heavy atom. The Morgan fingerprint density at radius 3 is 2.11 bits per heavy atom. The Labute approximate surface area is 210 Å². The summed E-state index contributed by atoms with van der Waals surface area (Å²) in [5.74, 6) is -5.59. The molecule has 2 fully saturated rings. The lowest BCUT2D eigenvalue weighted by Crippen LogP contribution is -2.72. The Bertz CT molecular complexity index is 1040. The van der Waals surface area contributed by atoms with Crippen LogP contribution in [0.4, 0.5) is 0 Å². The van der Waals surface area contributed by atoms with Crippen LogP contribution in [0.3, 0.4) is 0 Å². The van der Waals surface area contributed by atoms with Gasteiger partial charge in [0.1, 0.15) is 11.7 Å². The van der Waals surface area contributed by atoms with E-state index in [4.69, 9.17) is 14.2 Å². The van der Waals surface area contributed by atoms with E-state index in [1.165, 1.54) is 6.92 Å². The summed E-state index contributed by atoms with van der Waals surface area (Å²) in [6, 6.07) is 0. The molecule has 8 atom stereocenters. The van der Waals surface area contributed by atoms with Gasteiger partial charge in [0.25, 0.3) is 5.95 Å². The molecule has 0 heterocycles. The van der Waals surface area contributed by atoms with Crippen LogP contribution in [0.1, 0.15) is 61.3 Å². The Balaban J connectivity index is 2.42. The first kappa shape index (κ1) is 27.9. The molecule has 3 N–H and O–H groups in total. The van der Waals surface area contributed by atoms with Gasteiger partial charge in [-0.25, -0.2) is 0 Å². The molecule has 0 aromatic heterocycles. The molecule has 0 radical (unpaired) electrons. The molecule has 0 aliphatic heterocycles. The minimum Gasteiger partial charge on any atom is -0.481 e. The number of ketones is 2. The molecule has 3 aliphatic rings. The molecule has 10 heteroatoms. The minimum atomic E-state index is -2.05. The van der Waals surface area contributed by atoms with Crippen molar-refractivity contribution in [3.05, 3.63) is 23.7 Å². The normalized spacial score (nSPS) is 39.9. The summed E-state index contributed by atoms with van der Waals surface area (Å²) in [7, 11) is 0. The highest BCUT2D eigenvalue weighted by molar-refractivity contribution is 6.01. The van der Waals surface area contributed by atoms with Gasteiger partial charge in [-0.3, -0.25) is 19.2 Å². The topological polar surface area (TPSA) is 157 Å². The zero-order valence-electron chi connectivity index (χ0n) is 21.8. The van der Waals surface area contributed by atoms with Crippen LogP contribution in [-0.2, 0) is 33.4 Å². The van der Waals surface area contributed by atoms with E-state index in [0.717, 1.165) is 13.8 Å². The Kier molecular flexibility index (Phi) is 6.96. The van der Waals surface area contributed by atoms with E-state index in [2.05, 4.69) is 6.58 Å². The first-order valence-corrected chi connectivity index (χ1v) is 12.0. The predicted octanol–water partition coefficient (Wildman–Crippen LogP) is 1.92. The lowest BCUT2D eigenvalue weighted by atomic mass is 9.46. The Morgan fingerprint density at radius 1 is 1.06 bits per heavy atom. The van der Waals surface area contributed by atoms with Crippen LogP contribution in [0.15, 0.2) is 23.7 Å². The van der Waals surface area contributed by atoms with Gasteiger partial charge in [0.05, 0.1) is 12.0 Å². The van der Waals surface area contributed by atoms with Gasteiger partial charge in [0.2, 0.25) is 0 Å². The van der Waals surface area contributed by atoms with Crippen molar-refractivity contribution in [2.75, 3.05) is 0 Å². The number of aliphatic hydroxyl groups excluding tert-OH is 2. The largest absolute Gasteiger partial charge is 0.481 e. The molecule has 3 rings (SSSR count). The SMILES string of the molecule is C=C(O)O[C@H]1C2C(=O)[C@@H](OC(C)=O)CC(C)[C@@]2(C)C(=O)[C@H](OC(C)=O)C2=C(C)[C@@H](O)C[C@]1(O)C2(C)C. The van der Waals surface area contributed by atoms with Crippen LogP contribution in [-0.4, -0.2) is 68.8 Å². The lowest BCUT2D eigenvalue weighted by molar-refractivity contribution is -0.229. The number of aliphatic hydroxyl groups is 3. The maximum Gasteiger partial charge on any atom is 0.303 e. The quantitative estimate of drug-likeness (QED) is 0.291. The second-order valence-corrected chi connectivity index (χ2v) is 11.0. The van der Waals surface area contributed by atoms with Crippen molar-refractivity contribution in [2.45, 2.75) is 91.3 Å². The molecule has 2 bridgehead atoms. The highest BCUT2D eigenvalue weighted by Crippen LogP contribution is 2.60. The molecule has 3 aliphatic carbocycles. The zero-order valence-corrected chi connectivity index (χ0v) is 21.8. The Hall–Kier alpha value is -2.72. The van der Waals surface area contributed by atoms with Gasteiger partial charge < -0.3 is 29.5 Å². The van der Waals surface area contributed by atoms with Crippen molar-refractivity contribution < 1.29 is 48.7 Å². The highest BCUT2D eigenvalue weighted by Gasteiger charge is 2.71. The summed E-state index contributed by atoms with van der Waals surface area (Å²) in [5.41, 5.74) is -4.44.